The highest BCUT2D eigenvalue weighted by molar-refractivity contribution is 9.10. The molecular weight excluding hydrogens is 356 g/mol. The van der Waals surface area contributed by atoms with Gasteiger partial charge in [0.05, 0.1) is 0 Å². The van der Waals surface area contributed by atoms with Gasteiger partial charge in [-0.2, -0.15) is 0 Å². The molecule has 1 heterocycles. The van der Waals surface area contributed by atoms with Gasteiger partial charge in [-0.3, -0.25) is 0 Å². The van der Waals surface area contributed by atoms with Crippen LogP contribution in [0.5, 0.6) is 0 Å². The molecule has 0 radical (unpaired) electrons. The predicted octanol–water partition coefficient (Wildman–Crippen LogP) is 5.15. The lowest BCUT2D eigenvalue weighted by atomic mass is 10.2. The van der Waals surface area contributed by atoms with Crippen molar-refractivity contribution < 1.29 is 0 Å². The Bertz CT molecular complexity index is 560. The summed E-state index contributed by atoms with van der Waals surface area (Å²) in [7, 11) is 0. The molecule has 0 bridgehead atoms. The lowest BCUT2D eigenvalue weighted by molar-refractivity contribution is 0.669. The highest BCUT2D eigenvalue weighted by Gasteiger charge is 2.09. The molecule has 0 spiro atoms. The summed E-state index contributed by atoms with van der Waals surface area (Å²) in [5.41, 5.74) is 1.14. The molecule has 5 heteroatoms. The topological polar surface area (TPSA) is 24.9 Å². The molecule has 0 unspecified atom stereocenters. The van der Waals surface area contributed by atoms with E-state index in [0.29, 0.717) is 0 Å². The first-order valence-corrected chi connectivity index (χ1v) is 8.47. The Balaban J connectivity index is 2.17. The Morgan fingerprint density at radius 2 is 2.15 bits per heavy atom. The first-order valence-electron chi connectivity index (χ1n) is 6.48. The Morgan fingerprint density at radius 1 is 1.30 bits per heavy atom. The number of halogens is 2. The molecule has 0 aliphatic heterocycles. The SMILES string of the molecule is CCCNCc1c(Cl)cccc1Sc1ccc(Br)cn1. The summed E-state index contributed by atoms with van der Waals surface area (Å²) in [6.45, 7) is 3.93. The number of aromatic nitrogens is 1. The average Bonchev–Trinajstić information content (AvgIpc) is 2.44. The monoisotopic (exact) mass is 370 g/mol. The van der Waals surface area contributed by atoms with E-state index in [1.807, 2.05) is 30.5 Å². The van der Waals surface area contributed by atoms with Crippen LogP contribution in [0.3, 0.4) is 0 Å². The van der Waals surface area contributed by atoms with Crippen LogP contribution in [0.4, 0.5) is 0 Å². The van der Waals surface area contributed by atoms with Crippen molar-refractivity contribution in [2.24, 2.45) is 0 Å². The second kappa shape index (κ2) is 8.03. The molecule has 0 amide bonds. The van der Waals surface area contributed by atoms with Crippen LogP contribution in [0.25, 0.3) is 0 Å². The average molecular weight is 372 g/mol. The maximum atomic E-state index is 6.32. The Labute approximate surface area is 137 Å². The maximum absolute atomic E-state index is 6.32. The second-order valence-corrected chi connectivity index (χ2v) is 6.70. The number of benzene rings is 1. The summed E-state index contributed by atoms with van der Waals surface area (Å²) in [6, 6.07) is 9.99. The second-order valence-electron chi connectivity index (χ2n) is 4.31. The van der Waals surface area contributed by atoms with Gasteiger partial charge in [-0.15, -0.1) is 0 Å². The van der Waals surface area contributed by atoms with E-state index in [1.54, 1.807) is 11.8 Å². The van der Waals surface area contributed by atoms with Gasteiger partial charge < -0.3 is 5.32 Å². The van der Waals surface area contributed by atoms with E-state index >= 15 is 0 Å². The van der Waals surface area contributed by atoms with Crippen LogP contribution in [0.1, 0.15) is 18.9 Å². The molecule has 20 heavy (non-hydrogen) atoms. The van der Waals surface area contributed by atoms with Gasteiger partial charge in [0.1, 0.15) is 5.03 Å². The van der Waals surface area contributed by atoms with Crippen molar-refractivity contribution in [3.63, 3.8) is 0 Å². The van der Waals surface area contributed by atoms with Crippen molar-refractivity contribution in [3.05, 3.63) is 51.6 Å². The van der Waals surface area contributed by atoms with Gasteiger partial charge >= 0.3 is 0 Å². The van der Waals surface area contributed by atoms with E-state index in [0.717, 1.165) is 44.5 Å². The normalized spacial score (nSPS) is 10.8. The molecule has 0 fully saturated rings. The number of pyridine rings is 1. The van der Waals surface area contributed by atoms with Crippen LogP contribution < -0.4 is 5.32 Å². The minimum atomic E-state index is 0.784. The molecule has 0 aliphatic rings. The van der Waals surface area contributed by atoms with Crippen LogP contribution in [-0.2, 0) is 6.54 Å². The zero-order chi connectivity index (χ0) is 14.4. The standard InChI is InChI=1S/C15H16BrClN2S/c1-2-8-18-10-12-13(17)4-3-5-14(12)20-15-7-6-11(16)9-19-15/h3-7,9,18H,2,8,10H2,1H3. The number of hydrogen-bond donors (Lipinski definition) is 1. The van der Waals surface area contributed by atoms with Crippen molar-refractivity contribution >= 4 is 39.3 Å². The first kappa shape index (κ1) is 15.8. The van der Waals surface area contributed by atoms with Crippen molar-refractivity contribution in [2.45, 2.75) is 29.8 Å². The Hall–Kier alpha value is -0.550. The van der Waals surface area contributed by atoms with E-state index in [-0.39, 0.29) is 0 Å². The van der Waals surface area contributed by atoms with Gasteiger partial charge in [0.2, 0.25) is 0 Å². The summed E-state index contributed by atoms with van der Waals surface area (Å²) >= 11 is 11.4. The summed E-state index contributed by atoms with van der Waals surface area (Å²) < 4.78 is 0.984. The van der Waals surface area contributed by atoms with Crippen molar-refractivity contribution in [3.8, 4) is 0 Å². The summed E-state index contributed by atoms with van der Waals surface area (Å²) in [5, 5.41) is 5.17. The lowest BCUT2D eigenvalue weighted by Gasteiger charge is -2.11. The highest BCUT2D eigenvalue weighted by atomic mass is 79.9. The molecule has 0 aliphatic carbocycles. The van der Waals surface area contributed by atoms with Crippen LogP contribution in [0, 0.1) is 0 Å². The minimum absolute atomic E-state index is 0.784. The number of nitrogens with one attached hydrogen (secondary N) is 1. The fourth-order valence-corrected chi connectivity index (χ4v) is 3.18. The van der Waals surface area contributed by atoms with Crippen LogP contribution in [0.2, 0.25) is 5.02 Å². The summed E-state index contributed by atoms with van der Waals surface area (Å²) in [6.07, 6.45) is 2.92. The third-order valence-electron chi connectivity index (χ3n) is 2.72. The van der Waals surface area contributed by atoms with Crippen LogP contribution in [0.15, 0.2) is 50.9 Å². The molecule has 0 saturated heterocycles. The molecule has 1 aromatic carbocycles. The molecule has 2 nitrogen and oxygen atoms in total. The van der Waals surface area contributed by atoms with Crippen molar-refractivity contribution in [1.82, 2.24) is 10.3 Å². The quantitative estimate of drug-likeness (QED) is 0.711. The molecule has 2 aromatic rings. The molecule has 0 saturated carbocycles. The minimum Gasteiger partial charge on any atom is -0.313 e. The summed E-state index contributed by atoms with van der Waals surface area (Å²) in [5.74, 6) is 0. The fraction of sp³-hybridized carbons (Fsp3) is 0.267. The highest BCUT2D eigenvalue weighted by Crippen LogP contribution is 2.33. The zero-order valence-electron chi connectivity index (χ0n) is 11.2. The predicted molar refractivity (Wildman–Crippen MR) is 89.5 cm³/mol. The maximum Gasteiger partial charge on any atom is 0.101 e. The third kappa shape index (κ3) is 4.48. The Morgan fingerprint density at radius 3 is 2.85 bits per heavy atom. The van der Waals surface area contributed by atoms with Gasteiger partial charge in [0.25, 0.3) is 0 Å². The fourth-order valence-electron chi connectivity index (χ4n) is 1.73. The van der Waals surface area contributed by atoms with Gasteiger partial charge in [-0.1, -0.05) is 36.4 Å². The van der Waals surface area contributed by atoms with Crippen molar-refractivity contribution in [2.75, 3.05) is 6.54 Å². The van der Waals surface area contributed by atoms with Gasteiger partial charge in [-0.05, 0) is 58.7 Å². The zero-order valence-corrected chi connectivity index (χ0v) is 14.4. The lowest BCUT2D eigenvalue weighted by Crippen LogP contribution is -2.14. The summed E-state index contributed by atoms with van der Waals surface area (Å²) in [4.78, 5) is 5.54. The molecule has 1 aromatic heterocycles. The van der Waals surface area contributed by atoms with E-state index in [9.17, 15) is 0 Å². The van der Waals surface area contributed by atoms with Gasteiger partial charge in [0.15, 0.2) is 0 Å². The Kier molecular flexibility index (Phi) is 6.36. The molecule has 1 N–H and O–H groups in total. The van der Waals surface area contributed by atoms with E-state index in [2.05, 4.69) is 39.2 Å². The molecule has 0 atom stereocenters. The number of hydrogen-bond acceptors (Lipinski definition) is 3. The van der Waals surface area contributed by atoms with Crippen LogP contribution in [-0.4, -0.2) is 11.5 Å². The van der Waals surface area contributed by atoms with Gasteiger partial charge in [0, 0.05) is 27.1 Å². The van der Waals surface area contributed by atoms with E-state index in [1.165, 1.54) is 0 Å². The third-order valence-corrected chi connectivity index (χ3v) is 4.60. The molecular formula is C15H16BrClN2S. The number of nitrogens with zero attached hydrogens (tertiary/aromatic N) is 1. The molecule has 106 valence electrons. The number of rotatable bonds is 6. The largest absolute Gasteiger partial charge is 0.313 e. The van der Waals surface area contributed by atoms with Crippen LogP contribution >= 0.6 is 39.3 Å². The first-order chi connectivity index (χ1) is 9.70. The van der Waals surface area contributed by atoms with Gasteiger partial charge in [-0.25, -0.2) is 4.98 Å². The van der Waals surface area contributed by atoms with Crippen molar-refractivity contribution in [1.29, 1.82) is 0 Å². The van der Waals surface area contributed by atoms with E-state index in [4.69, 9.17) is 11.6 Å². The molecule has 2 rings (SSSR count). The smallest absolute Gasteiger partial charge is 0.101 e. The van der Waals surface area contributed by atoms with E-state index < -0.39 is 0 Å².